The molecule has 0 spiro atoms. The Morgan fingerprint density at radius 3 is 2.59 bits per heavy atom. The summed E-state index contributed by atoms with van der Waals surface area (Å²) in [6, 6.07) is 20.6. The molecule has 0 bridgehead atoms. The van der Waals surface area contributed by atoms with Gasteiger partial charge in [-0.05, 0) is 73.2 Å². The lowest BCUT2D eigenvalue weighted by Crippen LogP contribution is -2.23. The van der Waals surface area contributed by atoms with E-state index in [9.17, 15) is 4.39 Å². The summed E-state index contributed by atoms with van der Waals surface area (Å²) in [7, 11) is 0. The maximum atomic E-state index is 14.3. The van der Waals surface area contributed by atoms with E-state index in [1.54, 1.807) is 6.07 Å². The quantitative estimate of drug-likeness (QED) is 0.309. The van der Waals surface area contributed by atoms with Crippen LogP contribution in [0.3, 0.4) is 0 Å². The number of rotatable bonds is 10. The van der Waals surface area contributed by atoms with Crippen LogP contribution < -0.4 is 14.2 Å². The molecule has 166 valence electrons. The lowest BCUT2D eigenvalue weighted by molar-refractivity contribution is 0.174. The van der Waals surface area contributed by atoms with Crippen molar-refractivity contribution in [2.24, 2.45) is 0 Å². The van der Waals surface area contributed by atoms with Gasteiger partial charge in [0.2, 0.25) is 6.79 Å². The molecule has 4 rings (SSSR count). The summed E-state index contributed by atoms with van der Waals surface area (Å²) in [4.78, 5) is 0. The number of ether oxygens (including phenoxy) is 3. The molecule has 1 unspecified atom stereocenters. The fraction of sp³-hybridized carbons (Fsp3) is 0.286. The van der Waals surface area contributed by atoms with E-state index in [0.29, 0.717) is 5.75 Å². The molecule has 1 heterocycles. The smallest absolute Gasteiger partial charge is 0.231 e. The summed E-state index contributed by atoms with van der Waals surface area (Å²) >= 11 is 0. The Labute approximate surface area is 189 Å². The summed E-state index contributed by atoms with van der Waals surface area (Å²) in [5, 5.41) is 0. The van der Waals surface area contributed by atoms with Gasteiger partial charge >= 0.3 is 0 Å². The van der Waals surface area contributed by atoms with E-state index in [1.807, 2.05) is 42.5 Å². The number of hydrogen-bond acceptors (Lipinski definition) is 3. The second kappa shape index (κ2) is 9.90. The van der Waals surface area contributed by atoms with E-state index in [4.69, 9.17) is 14.2 Å². The molecule has 3 aromatic rings. The molecule has 0 saturated carbocycles. The fourth-order valence-electron chi connectivity index (χ4n) is 4.39. The van der Waals surface area contributed by atoms with Crippen molar-refractivity contribution in [1.29, 1.82) is 0 Å². The summed E-state index contributed by atoms with van der Waals surface area (Å²) in [5.74, 6) is 2.11. The molecular weight excluding hydrogens is 403 g/mol. The van der Waals surface area contributed by atoms with Gasteiger partial charge in [-0.3, -0.25) is 0 Å². The van der Waals surface area contributed by atoms with Crippen LogP contribution in [0.1, 0.15) is 43.7 Å². The molecule has 4 heteroatoms. The molecule has 0 aromatic heterocycles. The first-order valence-corrected chi connectivity index (χ1v) is 11.2. The Hall–Kier alpha value is -3.27. The maximum absolute atomic E-state index is 14.3. The summed E-state index contributed by atoms with van der Waals surface area (Å²) in [6.07, 6.45) is 6.83. The highest BCUT2D eigenvalue weighted by Crippen LogP contribution is 2.41. The van der Waals surface area contributed by atoms with E-state index in [2.05, 4.69) is 31.7 Å². The molecule has 1 aliphatic rings. The summed E-state index contributed by atoms with van der Waals surface area (Å²) in [5.41, 5.74) is 2.11. The van der Waals surface area contributed by atoms with Crippen LogP contribution in [0, 0.1) is 5.82 Å². The molecule has 0 aliphatic carbocycles. The second-order valence-electron chi connectivity index (χ2n) is 8.21. The average molecular weight is 433 g/mol. The number of hydrogen-bond donors (Lipinski definition) is 0. The van der Waals surface area contributed by atoms with Gasteiger partial charge in [0, 0.05) is 5.41 Å². The molecule has 0 radical (unpaired) electrons. The lowest BCUT2D eigenvalue weighted by Gasteiger charge is -2.31. The molecule has 0 fully saturated rings. The average Bonchev–Trinajstić information content (AvgIpc) is 3.29. The van der Waals surface area contributed by atoms with E-state index in [0.717, 1.165) is 49.2 Å². The second-order valence-corrected chi connectivity index (χ2v) is 8.21. The normalized spacial score (nSPS) is 14.1. The van der Waals surface area contributed by atoms with Gasteiger partial charge in [-0.2, -0.15) is 0 Å². The van der Waals surface area contributed by atoms with E-state index in [1.165, 1.54) is 11.6 Å². The van der Waals surface area contributed by atoms with Crippen molar-refractivity contribution < 1.29 is 18.6 Å². The van der Waals surface area contributed by atoms with E-state index in [-0.39, 0.29) is 23.8 Å². The van der Waals surface area contributed by atoms with Gasteiger partial charge < -0.3 is 14.2 Å². The molecule has 1 aliphatic heterocycles. The summed E-state index contributed by atoms with van der Waals surface area (Å²) in [6.45, 7) is 6.64. The third-order valence-electron chi connectivity index (χ3n) is 6.09. The van der Waals surface area contributed by atoms with Gasteiger partial charge in [0.1, 0.15) is 5.75 Å². The first-order chi connectivity index (χ1) is 15.6. The fourth-order valence-corrected chi connectivity index (χ4v) is 4.39. The zero-order valence-corrected chi connectivity index (χ0v) is 18.5. The van der Waals surface area contributed by atoms with Gasteiger partial charge in [0.05, 0.1) is 0 Å². The highest BCUT2D eigenvalue weighted by molar-refractivity contribution is 5.47. The van der Waals surface area contributed by atoms with Crippen LogP contribution in [0.2, 0.25) is 0 Å². The van der Waals surface area contributed by atoms with E-state index >= 15 is 0 Å². The zero-order valence-electron chi connectivity index (χ0n) is 18.5. The zero-order chi connectivity index (χ0) is 22.4. The third kappa shape index (κ3) is 4.80. The number of para-hydroxylation sites is 1. The minimum Gasteiger partial charge on any atom is -0.454 e. The lowest BCUT2D eigenvalue weighted by atomic mass is 9.73. The molecule has 1 atom stereocenters. The minimum atomic E-state index is -0.357. The molecule has 0 saturated heterocycles. The standard InChI is InChI=1S/C28H29FO3/c1-3-16-28(4-2,22-13-15-25-27(19-22)31-20-30-25)17-8-9-21-12-14-24(29)26(18-21)32-23-10-6-5-7-11-23/h4-7,10-15,18-19H,2-3,8-9,16-17,20H2,1H3. The van der Waals surface area contributed by atoms with Crippen LogP contribution in [0.5, 0.6) is 23.0 Å². The van der Waals surface area contributed by atoms with Crippen molar-refractivity contribution in [1.82, 2.24) is 0 Å². The predicted octanol–water partition coefficient (Wildman–Crippen LogP) is 7.59. The molecule has 3 nitrogen and oxygen atoms in total. The molecule has 32 heavy (non-hydrogen) atoms. The van der Waals surface area contributed by atoms with Crippen LogP contribution in [-0.4, -0.2) is 6.79 Å². The van der Waals surface area contributed by atoms with Crippen molar-refractivity contribution in [3.8, 4) is 23.0 Å². The van der Waals surface area contributed by atoms with Crippen LogP contribution in [0.25, 0.3) is 0 Å². The van der Waals surface area contributed by atoms with Crippen LogP contribution in [0.4, 0.5) is 4.39 Å². The molecule has 0 amide bonds. The SMILES string of the molecule is C=CC(CCC)(CCCc1ccc(F)c(Oc2ccccc2)c1)c1ccc2c(c1)OCO2. The predicted molar refractivity (Wildman–Crippen MR) is 125 cm³/mol. The topological polar surface area (TPSA) is 27.7 Å². The third-order valence-corrected chi connectivity index (χ3v) is 6.09. The highest BCUT2D eigenvalue weighted by atomic mass is 19.1. The Balaban J connectivity index is 1.47. The Morgan fingerprint density at radius 2 is 1.81 bits per heavy atom. The van der Waals surface area contributed by atoms with Gasteiger partial charge in [0.15, 0.2) is 23.1 Å². The number of halogens is 1. The van der Waals surface area contributed by atoms with Crippen LogP contribution in [-0.2, 0) is 11.8 Å². The van der Waals surface area contributed by atoms with Gasteiger partial charge in [-0.15, -0.1) is 6.58 Å². The monoisotopic (exact) mass is 432 g/mol. The van der Waals surface area contributed by atoms with Crippen molar-refractivity contribution in [3.05, 3.63) is 96.3 Å². The first-order valence-electron chi connectivity index (χ1n) is 11.2. The van der Waals surface area contributed by atoms with Gasteiger partial charge in [-0.1, -0.05) is 49.8 Å². The maximum Gasteiger partial charge on any atom is 0.231 e. The summed E-state index contributed by atoms with van der Waals surface area (Å²) < 4.78 is 31.1. The highest BCUT2D eigenvalue weighted by Gasteiger charge is 2.29. The van der Waals surface area contributed by atoms with Crippen molar-refractivity contribution in [2.75, 3.05) is 6.79 Å². The molecule has 3 aromatic carbocycles. The number of fused-ring (bicyclic) bond motifs is 1. The van der Waals surface area contributed by atoms with Crippen LogP contribution >= 0.6 is 0 Å². The van der Waals surface area contributed by atoms with Crippen molar-refractivity contribution >= 4 is 0 Å². The number of aryl methyl sites for hydroxylation is 1. The van der Waals surface area contributed by atoms with Crippen molar-refractivity contribution in [2.45, 2.75) is 44.4 Å². The van der Waals surface area contributed by atoms with Crippen LogP contribution in [0.15, 0.2) is 79.4 Å². The molecular formula is C28H29FO3. The minimum absolute atomic E-state index is 0.140. The Morgan fingerprint density at radius 1 is 1.00 bits per heavy atom. The Kier molecular flexibility index (Phi) is 6.79. The Bertz CT molecular complexity index is 1060. The van der Waals surface area contributed by atoms with Crippen molar-refractivity contribution in [3.63, 3.8) is 0 Å². The molecule has 0 N–H and O–H groups in total. The van der Waals surface area contributed by atoms with Gasteiger partial charge in [0.25, 0.3) is 0 Å². The first kappa shape index (κ1) is 21.9. The number of benzene rings is 3. The largest absolute Gasteiger partial charge is 0.454 e. The number of allylic oxidation sites excluding steroid dienone is 1. The van der Waals surface area contributed by atoms with E-state index < -0.39 is 0 Å². The van der Waals surface area contributed by atoms with Gasteiger partial charge in [-0.25, -0.2) is 4.39 Å².